The van der Waals surface area contributed by atoms with E-state index in [-0.39, 0.29) is 12.5 Å². The third-order valence-corrected chi connectivity index (χ3v) is 6.56. The number of esters is 1. The molecular formula is C26H28N2O4S. The van der Waals surface area contributed by atoms with Gasteiger partial charge in [0.15, 0.2) is 5.17 Å². The standard InChI is InChI=1S/C26H28N2O4S/c1-3-4-15-31-21-12-10-20(11-13-21)24-23(25(30)32-17-19-8-6-5-7-9-19)18(2)27-26-28(24)22(29)14-16-33-26/h5-13,24H,3-4,14-17H2,1-2H3. The Morgan fingerprint density at radius 3 is 2.64 bits per heavy atom. The van der Waals surface area contributed by atoms with E-state index in [9.17, 15) is 9.59 Å². The number of amides is 1. The molecule has 0 aromatic heterocycles. The van der Waals surface area contributed by atoms with E-state index in [4.69, 9.17) is 9.47 Å². The molecule has 1 amide bonds. The first kappa shape index (κ1) is 23.1. The molecule has 1 fully saturated rings. The first-order chi connectivity index (χ1) is 16.1. The smallest absolute Gasteiger partial charge is 0.338 e. The van der Waals surface area contributed by atoms with Crippen molar-refractivity contribution in [2.75, 3.05) is 12.4 Å². The lowest BCUT2D eigenvalue weighted by molar-refractivity contribution is -0.141. The fraction of sp³-hybridized carbons (Fsp3) is 0.346. The average molecular weight is 465 g/mol. The van der Waals surface area contributed by atoms with E-state index in [2.05, 4.69) is 11.9 Å². The minimum atomic E-state index is -0.578. The van der Waals surface area contributed by atoms with Crippen LogP contribution in [0.1, 0.15) is 50.3 Å². The molecule has 1 saturated heterocycles. The van der Waals surface area contributed by atoms with Crippen LogP contribution in [0.15, 0.2) is 70.9 Å². The largest absolute Gasteiger partial charge is 0.494 e. The molecule has 2 aliphatic heterocycles. The second-order valence-corrected chi connectivity index (χ2v) is 9.05. The predicted octanol–water partition coefficient (Wildman–Crippen LogP) is 5.26. The molecule has 2 aliphatic rings. The summed E-state index contributed by atoms with van der Waals surface area (Å²) in [5.41, 5.74) is 2.70. The summed E-state index contributed by atoms with van der Waals surface area (Å²) in [7, 11) is 0. The highest BCUT2D eigenvalue weighted by atomic mass is 32.2. The van der Waals surface area contributed by atoms with E-state index in [1.807, 2.05) is 54.6 Å². The zero-order valence-corrected chi connectivity index (χ0v) is 19.8. The number of allylic oxidation sites excluding steroid dienone is 1. The molecule has 0 saturated carbocycles. The van der Waals surface area contributed by atoms with E-state index in [0.29, 0.717) is 35.2 Å². The molecule has 33 heavy (non-hydrogen) atoms. The normalized spacial score (nSPS) is 18.0. The SMILES string of the molecule is CCCCOc1ccc(C2C(C(=O)OCc3ccccc3)=C(C)N=C3SCCC(=O)N32)cc1. The molecule has 2 heterocycles. The van der Waals surface area contributed by atoms with Crippen LogP contribution in [-0.4, -0.2) is 34.3 Å². The minimum Gasteiger partial charge on any atom is -0.494 e. The lowest BCUT2D eigenvalue weighted by Crippen LogP contribution is -2.45. The van der Waals surface area contributed by atoms with E-state index >= 15 is 0 Å². The molecule has 1 unspecified atom stereocenters. The number of rotatable bonds is 8. The van der Waals surface area contributed by atoms with E-state index in [0.717, 1.165) is 29.7 Å². The van der Waals surface area contributed by atoms with Crippen molar-refractivity contribution in [2.45, 2.75) is 45.8 Å². The van der Waals surface area contributed by atoms with Crippen molar-refractivity contribution in [3.05, 3.63) is 77.0 Å². The van der Waals surface area contributed by atoms with Crippen LogP contribution in [0.3, 0.4) is 0 Å². The second-order valence-electron chi connectivity index (χ2n) is 7.99. The number of fused-ring (bicyclic) bond motifs is 1. The molecule has 1 atom stereocenters. The van der Waals surface area contributed by atoms with Gasteiger partial charge in [-0.15, -0.1) is 0 Å². The van der Waals surface area contributed by atoms with Crippen LogP contribution in [0.4, 0.5) is 0 Å². The van der Waals surface area contributed by atoms with E-state index in [1.54, 1.807) is 11.8 Å². The lowest BCUT2D eigenvalue weighted by atomic mass is 9.94. The average Bonchev–Trinajstić information content (AvgIpc) is 2.83. The highest BCUT2D eigenvalue weighted by Gasteiger charge is 2.41. The van der Waals surface area contributed by atoms with Crippen molar-refractivity contribution in [1.82, 2.24) is 4.90 Å². The number of ether oxygens (including phenoxy) is 2. The molecule has 172 valence electrons. The summed E-state index contributed by atoms with van der Waals surface area (Å²) in [5, 5.41) is 0.636. The van der Waals surface area contributed by atoms with Crippen molar-refractivity contribution in [1.29, 1.82) is 0 Å². The lowest BCUT2D eigenvalue weighted by Gasteiger charge is -2.38. The van der Waals surface area contributed by atoms with E-state index < -0.39 is 12.0 Å². The summed E-state index contributed by atoms with van der Waals surface area (Å²) in [6.45, 7) is 4.74. The summed E-state index contributed by atoms with van der Waals surface area (Å²) >= 11 is 1.54. The van der Waals surface area contributed by atoms with Crippen molar-refractivity contribution in [2.24, 2.45) is 4.99 Å². The van der Waals surface area contributed by atoms with Gasteiger partial charge < -0.3 is 9.47 Å². The van der Waals surface area contributed by atoms with Crippen LogP contribution in [0.25, 0.3) is 0 Å². The van der Waals surface area contributed by atoms with Gasteiger partial charge in [-0.3, -0.25) is 9.69 Å². The Hall–Kier alpha value is -3.06. The number of carbonyl (C=O) groups excluding carboxylic acids is 2. The Bertz CT molecular complexity index is 1060. The van der Waals surface area contributed by atoms with Crippen LogP contribution in [0.5, 0.6) is 5.75 Å². The van der Waals surface area contributed by atoms with Crippen molar-refractivity contribution < 1.29 is 19.1 Å². The number of nitrogens with zero attached hydrogens (tertiary/aromatic N) is 2. The molecule has 0 aliphatic carbocycles. The van der Waals surface area contributed by atoms with Gasteiger partial charge in [-0.1, -0.05) is 67.6 Å². The Morgan fingerprint density at radius 1 is 1.15 bits per heavy atom. The zero-order valence-electron chi connectivity index (χ0n) is 19.0. The summed E-state index contributed by atoms with van der Waals surface area (Å²) in [4.78, 5) is 32.4. The highest BCUT2D eigenvalue weighted by Crippen LogP contribution is 2.40. The Labute approximate surface area is 198 Å². The van der Waals surface area contributed by atoms with Gasteiger partial charge in [0.2, 0.25) is 5.91 Å². The zero-order chi connectivity index (χ0) is 23.2. The molecule has 0 bridgehead atoms. The van der Waals surface area contributed by atoms with Crippen LogP contribution < -0.4 is 4.74 Å². The maximum Gasteiger partial charge on any atom is 0.338 e. The maximum atomic E-state index is 13.3. The van der Waals surface area contributed by atoms with Gasteiger partial charge in [0.25, 0.3) is 0 Å². The first-order valence-electron chi connectivity index (χ1n) is 11.3. The molecule has 4 rings (SSSR count). The summed E-state index contributed by atoms with van der Waals surface area (Å²) < 4.78 is 11.4. The Kier molecular flexibility index (Phi) is 7.50. The van der Waals surface area contributed by atoms with Gasteiger partial charge >= 0.3 is 5.97 Å². The summed E-state index contributed by atoms with van der Waals surface area (Å²) in [6, 6.07) is 16.6. The number of benzene rings is 2. The Balaban J connectivity index is 1.63. The molecule has 0 N–H and O–H groups in total. The third kappa shape index (κ3) is 5.30. The molecule has 2 aromatic rings. The van der Waals surface area contributed by atoms with Crippen molar-refractivity contribution >= 4 is 28.8 Å². The molecule has 0 spiro atoms. The molecule has 2 aromatic carbocycles. The second kappa shape index (κ2) is 10.7. The number of hydrogen-bond acceptors (Lipinski definition) is 6. The van der Waals surface area contributed by atoms with Crippen LogP contribution in [0.2, 0.25) is 0 Å². The van der Waals surface area contributed by atoms with Gasteiger partial charge in [0, 0.05) is 12.2 Å². The molecule has 7 heteroatoms. The van der Waals surface area contributed by atoms with Crippen LogP contribution >= 0.6 is 11.8 Å². The van der Waals surface area contributed by atoms with Crippen molar-refractivity contribution in [3.63, 3.8) is 0 Å². The minimum absolute atomic E-state index is 0.0402. The fourth-order valence-corrected chi connectivity index (χ4v) is 4.86. The predicted molar refractivity (Wildman–Crippen MR) is 130 cm³/mol. The molecule has 0 radical (unpaired) electrons. The van der Waals surface area contributed by atoms with Gasteiger partial charge in [-0.25, -0.2) is 9.79 Å². The summed E-state index contributed by atoms with van der Waals surface area (Å²) in [6.07, 6.45) is 2.46. The molecule has 6 nitrogen and oxygen atoms in total. The number of hydrogen-bond donors (Lipinski definition) is 0. The number of carbonyl (C=O) groups is 2. The first-order valence-corrected chi connectivity index (χ1v) is 12.2. The monoisotopic (exact) mass is 464 g/mol. The van der Waals surface area contributed by atoms with E-state index in [1.165, 1.54) is 11.8 Å². The van der Waals surface area contributed by atoms with Gasteiger partial charge in [-0.2, -0.15) is 0 Å². The highest BCUT2D eigenvalue weighted by molar-refractivity contribution is 8.14. The Morgan fingerprint density at radius 2 is 1.91 bits per heavy atom. The van der Waals surface area contributed by atoms with Crippen LogP contribution in [-0.2, 0) is 20.9 Å². The number of aliphatic imine (C=N–C) groups is 1. The van der Waals surface area contributed by atoms with Crippen LogP contribution in [0, 0.1) is 0 Å². The quantitative estimate of drug-likeness (QED) is 0.394. The third-order valence-electron chi connectivity index (χ3n) is 5.60. The molecular weight excluding hydrogens is 436 g/mol. The topological polar surface area (TPSA) is 68.2 Å². The van der Waals surface area contributed by atoms with Gasteiger partial charge in [0.1, 0.15) is 12.4 Å². The van der Waals surface area contributed by atoms with Gasteiger partial charge in [0.05, 0.1) is 23.9 Å². The number of amidine groups is 1. The maximum absolute atomic E-state index is 13.3. The number of thioether (sulfide) groups is 1. The van der Waals surface area contributed by atoms with Gasteiger partial charge in [-0.05, 0) is 36.6 Å². The number of unbranched alkanes of at least 4 members (excludes halogenated alkanes) is 1. The summed E-state index contributed by atoms with van der Waals surface area (Å²) in [5.74, 6) is 0.953. The van der Waals surface area contributed by atoms with Crippen molar-refractivity contribution in [3.8, 4) is 5.75 Å². The fourth-order valence-electron chi connectivity index (χ4n) is 3.85.